The Balaban J connectivity index is 1.41. The smallest absolute Gasteiger partial charge is 0.251 e. The fraction of sp³-hybridized carbons (Fsp3) is 0.526. The van der Waals surface area contributed by atoms with Crippen LogP contribution in [0.15, 0.2) is 29.2 Å². The molecule has 0 bridgehead atoms. The van der Waals surface area contributed by atoms with Gasteiger partial charge in [0.1, 0.15) is 0 Å². The summed E-state index contributed by atoms with van der Waals surface area (Å²) >= 11 is 5.24. The standard InChI is InChI=1S/C19H25N5O3S2/c1-13-8-10-23(11-9-13)29(26,27)16-6-2-14(3-7-16)18(25)20-12-17-21-22-19(28)24(17)15-4-5-15/h2-3,6-7,13,15H,4-5,8-12H2,1H3,(H,20,25)(H,22,28). The van der Waals surface area contributed by atoms with Gasteiger partial charge in [-0.05, 0) is 68.1 Å². The average Bonchev–Trinajstić information content (AvgIpc) is 3.48. The zero-order chi connectivity index (χ0) is 20.6. The predicted octanol–water partition coefficient (Wildman–Crippen LogP) is 2.63. The Morgan fingerprint density at radius 2 is 1.86 bits per heavy atom. The normalized spacial score (nSPS) is 18.7. The molecule has 8 nitrogen and oxygen atoms in total. The maximum atomic E-state index is 12.8. The molecular formula is C19H25N5O3S2. The summed E-state index contributed by atoms with van der Waals surface area (Å²) < 4.78 is 29.6. The van der Waals surface area contributed by atoms with Gasteiger partial charge in [-0.1, -0.05) is 6.92 Å². The number of sulfonamides is 1. The van der Waals surface area contributed by atoms with Gasteiger partial charge in [0.15, 0.2) is 10.6 Å². The Hall–Kier alpha value is -2.04. The minimum Gasteiger partial charge on any atom is -0.345 e. The highest BCUT2D eigenvalue weighted by molar-refractivity contribution is 7.89. The molecule has 2 heterocycles. The lowest BCUT2D eigenvalue weighted by molar-refractivity contribution is 0.0949. The largest absolute Gasteiger partial charge is 0.345 e. The van der Waals surface area contributed by atoms with Crippen LogP contribution in [-0.4, -0.2) is 46.5 Å². The van der Waals surface area contributed by atoms with Gasteiger partial charge in [0, 0.05) is 24.7 Å². The number of piperidine rings is 1. The third kappa shape index (κ3) is 4.29. The maximum absolute atomic E-state index is 12.8. The molecule has 156 valence electrons. The molecule has 2 fully saturated rings. The van der Waals surface area contributed by atoms with Gasteiger partial charge in [0.05, 0.1) is 11.4 Å². The Morgan fingerprint density at radius 1 is 1.21 bits per heavy atom. The minimum atomic E-state index is -3.52. The van der Waals surface area contributed by atoms with E-state index in [1.54, 1.807) is 12.1 Å². The van der Waals surface area contributed by atoms with Gasteiger partial charge in [-0.25, -0.2) is 8.42 Å². The SMILES string of the molecule is CC1CCN(S(=O)(=O)c2ccc(C(=O)NCc3n[nH]c(=S)n3C3CC3)cc2)CC1. The number of aromatic amines is 1. The topological polar surface area (TPSA) is 100 Å². The van der Waals surface area contributed by atoms with Crippen LogP contribution < -0.4 is 5.32 Å². The van der Waals surface area contributed by atoms with Gasteiger partial charge in [-0.3, -0.25) is 14.5 Å². The van der Waals surface area contributed by atoms with Gasteiger partial charge in [0.2, 0.25) is 10.0 Å². The number of rotatable bonds is 6. The van der Waals surface area contributed by atoms with E-state index in [2.05, 4.69) is 22.4 Å². The fourth-order valence-electron chi connectivity index (χ4n) is 3.59. The maximum Gasteiger partial charge on any atom is 0.251 e. The van der Waals surface area contributed by atoms with E-state index in [1.807, 2.05) is 4.57 Å². The van der Waals surface area contributed by atoms with Crippen molar-refractivity contribution >= 4 is 28.1 Å². The number of carbonyl (C=O) groups excluding carboxylic acids is 1. The first-order valence-corrected chi connectivity index (χ1v) is 11.8. The first kappa shape index (κ1) is 20.2. The molecule has 1 aliphatic heterocycles. The number of nitrogens with one attached hydrogen (secondary N) is 2. The van der Waals surface area contributed by atoms with Crippen LogP contribution >= 0.6 is 12.2 Å². The Bertz CT molecular complexity index is 1050. The average molecular weight is 436 g/mol. The molecular weight excluding hydrogens is 410 g/mol. The molecule has 2 N–H and O–H groups in total. The number of hydrogen-bond donors (Lipinski definition) is 2. The van der Waals surface area contributed by atoms with E-state index < -0.39 is 10.0 Å². The van der Waals surface area contributed by atoms with E-state index in [0.717, 1.165) is 25.7 Å². The molecule has 0 spiro atoms. The van der Waals surface area contributed by atoms with Crippen LogP contribution in [0.25, 0.3) is 0 Å². The minimum absolute atomic E-state index is 0.221. The number of hydrogen-bond acceptors (Lipinski definition) is 5. The molecule has 2 aliphatic rings. The van der Waals surface area contributed by atoms with Crippen LogP contribution in [-0.2, 0) is 16.6 Å². The van der Waals surface area contributed by atoms with Crippen LogP contribution in [0.5, 0.6) is 0 Å². The molecule has 1 saturated carbocycles. The van der Waals surface area contributed by atoms with Crippen LogP contribution in [0.4, 0.5) is 0 Å². The summed E-state index contributed by atoms with van der Waals surface area (Å²) in [6.45, 7) is 3.49. The van der Waals surface area contributed by atoms with Crippen LogP contribution in [0.2, 0.25) is 0 Å². The van der Waals surface area contributed by atoms with Gasteiger partial charge >= 0.3 is 0 Å². The third-order valence-corrected chi connectivity index (χ3v) is 7.79. The number of carbonyl (C=O) groups is 1. The zero-order valence-corrected chi connectivity index (χ0v) is 17.9. The molecule has 1 saturated heterocycles. The quantitative estimate of drug-likeness (QED) is 0.680. The summed E-state index contributed by atoms with van der Waals surface area (Å²) in [6.07, 6.45) is 3.89. The van der Waals surface area contributed by atoms with Gasteiger partial charge < -0.3 is 5.32 Å². The van der Waals surface area contributed by atoms with Crippen LogP contribution in [0, 0.1) is 10.7 Å². The highest BCUT2D eigenvalue weighted by Gasteiger charge is 2.29. The van der Waals surface area contributed by atoms with Crippen LogP contribution in [0.1, 0.15) is 54.8 Å². The van der Waals surface area contributed by atoms with E-state index in [4.69, 9.17) is 12.2 Å². The molecule has 0 atom stereocenters. The summed E-state index contributed by atoms with van der Waals surface area (Å²) in [5, 5.41) is 9.80. The highest BCUT2D eigenvalue weighted by atomic mass is 32.2. The molecule has 0 radical (unpaired) electrons. The molecule has 10 heteroatoms. The molecule has 1 amide bonds. The van der Waals surface area contributed by atoms with Gasteiger partial charge in [-0.15, -0.1) is 0 Å². The van der Waals surface area contributed by atoms with Gasteiger partial charge in [0.25, 0.3) is 5.91 Å². The summed E-state index contributed by atoms with van der Waals surface area (Å²) in [6, 6.07) is 6.47. The predicted molar refractivity (Wildman–Crippen MR) is 110 cm³/mol. The lowest BCUT2D eigenvalue weighted by Crippen LogP contribution is -2.37. The molecule has 29 heavy (non-hydrogen) atoms. The molecule has 1 aromatic heterocycles. The number of nitrogens with zero attached hydrogens (tertiary/aromatic N) is 3. The number of aromatic nitrogens is 3. The molecule has 1 aliphatic carbocycles. The first-order chi connectivity index (χ1) is 13.9. The lowest BCUT2D eigenvalue weighted by Gasteiger charge is -2.29. The number of benzene rings is 1. The monoisotopic (exact) mass is 435 g/mol. The van der Waals surface area contributed by atoms with Crippen molar-refractivity contribution in [2.45, 2.75) is 50.1 Å². The highest BCUT2D eigenvalue weighted by Crippen LogP contribution is 2.35. The number of amides is 1. The Kier molecular flexibility index (Phi) is 5.58. The summed E-state index contributed by atoms with van der Waals surface area (Å²) in [7, 11) is -3.52. The van der Waals surface area contributed by atoms with Crippen molar-refractivity contribution in [2.24, 2.45) is 5.92 Å². The van der Waals surface area contributed by atoms with Gasteiger partial charge in [-0.2, -0.15) is 9.40 Å². The molecule has 1 aromatic carbocycles. The zero-order valence-electron chi connectivity index (χ0n) is 16.3. The van der Waals surface area contributed by atoms with Crippen molar-refractivity contribution in [3.05, 3.63) is 40.4 Å². The molecule has 2 aromatic rings. The summed E-state index contributed by atoms with van der Waals surface area (Å²) in [5.74, 6) is 0.971. The second-order valence-electron chi connectivity index (χ2n) is 7.84. The van der Waals surface area contributed by atoms with E-state index in [0.29, 0.717) is 41.2 Å². The van der Waals surface area contributed by atoms with Crippen molar-refractivity contribution in [3.63, 3.8) is 0 Å². The summed E-state index contributed by atoms with van der Waals surface area (Å²) in [5.41, 5.74) is 0.406. The van der Waals surface area contributed by atoms with Crippen molar-refractivity contribution in [3.8, 4) is 0 Å². The lowest BCUT2D eigenvalue weighted by atomic mass is 10.0. The van der Waals surface area contributed by atoms with E-state index in [-0.39, 0.29) is 17.3 Å². The second kappa shape index (κ2) is 8.00. The van der Waals surface area contributed by atoms with Crippen molar-refractivity contribution in [2.75, 3.05) is 13.1 Å². The van der Waals surface area contributed by atoms with E-state index >= 15 is 0 Å². The van der Waals surface area contributed by atoms with E-state index in [1.165, 1.54) is 16.4 Å². The Morgan fingerprint density at radius 3 is 2.48 bits per heavy atom. The molecule has 0 unspecified atom stereocenters. The van der Waals surface area contributed by atoms with Crippen LogP contribution in [0.3, 0.4) is 0 Å². The summed E-state index contributed by atoms with van der Waals surface area (Å²) in [4.78, 5) is 12.7. The van der Waals surface area contributed by atoms with E-state index in [9.17, 15) is 13.2 Å². The van der Waals surface area contributed by atoms with Crippen molar-refractivity contribution in [1.29, 1.82) is 0 Å². The second-order valence-corrected chi connectivity index (χ2v) is 10.2. The molecule has 4 rings (SSSR count). The third-order valence-electron chi connectivity index (χ3n) is 5.59. The first-order valence-electron chi connectivity index (χ1n) is 9.90. The number of H-pyrrole nitrogens is 1. The van der Waals surface area contributed by atoms with Crippen molar-refractivity contribution in [1.82, 2.24) is 24.4 Å². The Labute approximate surface area is 175 Å². The fourth-order valence-corrected chi connectivity index (χ4v) is 5.36. The van der Waals surface area contributed by atoms with Crippen molar-refractivity contribution < 1.29 is 13.2 Å².